The Kier molecular flexibility index (Phi) is 6.36. The Morgan fingerprint density at radius 1 is 1.22 bits per heavy atom. The Labute approximate surface area is 108 Å². The molecule has 0 saturated carbocycles. The van der Waals surface area contributed by atoms with Crippen LogP contribution in [0.5, 0.6) is 0 Å². The Bertz CT molecular complexity index is 361. The fourth-order valence-corrected chi connectivity index (χ4v) is 1.77. The largest absolute Gasteiger partial charge is 0.342 e. The lowest BCUT2D eigenvalue weighted by atomic mass is 10.1. The van der Waals surface area contributed by atoms with Crippen LogP contribution in [0.2, 0.25) is 0 Å². The van der Waals surface area contributed by atoms with Gasteiger partial charge in [0.05, 0.1) is 6.54 Å². The number of nitrogens with one attached hydrogen (secondary N) is 1. The summed E-state index contributed by atoms with van der Waals surface area (Å²) in [6.07, 6.45) is 0.797. The number of amides is 1. The Morgan fingerprint density at radius 2 is 1.83 bits per heavy atom. The minimum atomic E-state index is -0.219. The van der Waals surface area contributed by atoms with Gasteiger partial charge in [-0.25, -0.2) is 4.39 Å². The van der Waals surface area contributed by atoms with Crippen molar-refractivity contribution in [3.8, 4) is 0 Å². The average molecular weight is 252 g/mol. The van der Waals surface area contributed by atoms with E-state index in [-0.39, 0.29) is 11.7 Å². The number of carbonyl (C=O) groups excluding carboxylic acids is 1. The topological polar surface area (TPSA) is 32.3 Å². The minimum absolute atomic E-state index is 0.124. The first-order valence-corrected chi connectivity index (χ1v) is 6.40. The van der Waals surface area contributed by atoms with E-state index >= 15 is 0 Å². The molecule has 0 atom stereocenters. The Balaban J connectivity index is 2.22. The Morgan fingerprint density at radius 3 is 2.39 bits per heavy atom. The lowest BCUT2D eigenvalue weighted by Crippen LogP contribution is -2.38. The molecule has 1 N–H and O–H groups in total. The molecule has 1 aromatic carbocycles. The van der Waals surface area contributed by atoms with Gasteiger partial charge in [0.1, 0.15) is 5.82 Å². The molecule has 0 unspecified atom stereocenters. The van der Waals surface area contributed by atoms with Gasteiger partial charge in [-0.2, -0.15) is 0 Å². The fraction of sp³-hybridized carbons (Fsp3) is 0.500. The highest BCUT2D eigenvalue weighted by molar-refractivity contribution is 5.78. The minimum Gasteiger partial charge on any atom is -0.342 e. The second-order valence-corrected chi connectivity index (χ2v) is 4.12. The number of hydrogen-bond acceptors (Lipinski definition) is 2. The summed E-state index contributed by atoms with van der Waals surface area (Å²) in [4.78, 5) is 13.5. The molecule has 0 spiro atoms. The predicted molar refractivity (Wildman–Crippen MR) is 70.9 cm³/mol. The summed E-state index contributed by atoms with van der Waals surface area (Å²) in [6, 6.07) is 6.44. The van der Waals surface area contributed by atoms with Crippen molar-refractivity contribution in [1.82, 2.24) is 10.2 Å². The molecular weight excluding hydrogens is 231 g/mol. The zero-order chi connectivity index (χ0) is 13.4. The highest BCUT2D eigenvalue weighted by Crippen LogP contribution is 2.02. The smallest absolute Gasteiger partial charge is 0.236 e. The van der Waals surface area contributed by atoms with E-state index < -0.39 is 0 Å². The Hall–Kier alpha value is -1.42. The van der Waals surface area contributed by atoms with Crippen LogP contribution < -0.4 is 5.32 Å². The van der Waals surface area contributed by atoms with Crippen LogP contribution in [0, 0.1) is 5.82 Å². The van der Waals surface area contributed by atoms with Gasteiger partial charge in [0.25, 0.3) is 0 Å². The van der Waals surface area contributed by atoms with Crippen molar-refractivity contribution in [2.24, 2.45) is 0 Å². The SMILES string of the molecule is CCN(CC)C(=O)CNCCc1ccc(F)cc1. The van der Waals surface area contributed by atoms with Gasteiger partial charge in [0, 0.05) is 13.1 Å². The van der Waals surface area contributed by atoms with Crippen LogP contribution in [0.1, 0.15) is 19.4 Å². The van der Waals surface area contributed by atoms with Gasteiger partial charge in [0.15, 0.2) is 0 Å². The van der Waals surface area contributed by atoms with E-state index in [1.165, 1.54) is 12.1 Å². The maximum atomic E-state index is 12.7. The molecule has 4 heteroatoms. The van der Waals surface area contributed by atoms with E-state index in [9.17, 15) is 9.18 Å². The van der Waals surface area contributed by atoms with Crippen LogP contribution in [0.4, 0.5) is 4.39 Å². The van der Waals surface area contributed by atoms with E-state index in [1.54, 1.807) is 17.0 Å². The van der Waals surface area contributed by atoms with Crippen LogP contribution in [-0.2, 0) is 11.2 Å². The van der Waals surface area contributed by atoms with E-state index in [4.69, 9.17) is 0 Å². The second kappa shape index (κ2) is 7.82. The number of hydrogen-bond donors (Lipinski definition) is 1. The van der Waals surface area contributed by atoms with E-state index in [2.05, 4.69) is 5.32 Å². The summed E-state index contributed by atoms with van der Waals surface area (Å²) >= 11 is 0. The summed E-state index contributed by atoms with van der Waals surface area (Å²) in [7, 11) is 0. The summed E-state index contributed by atoms with van der Waals surface area (Å²) in [5.41, 5.74) is 1.07. The standard InChI is InChI=1S/C14H21FN2O/c1-3-17(4-2)14(18)11-16-10-9-12-5-7-13(15)8-6-12/h5-8,16H,3-4,9-11H2,1-2H3. The first kappa shape index (κ1) is 14.6. The lowest BCUT2D eigenvalue weighted by Gasteiger charge is -2.18. The number of benzene rings is 1. The average Bonchev–Trinajstić information content (AvgIpc) is 2.38. The van der Waals surface area contributed by atoms with Crippen LogP contribution in [0.15, 0.2) is 24.3 Å². The molecule has 0 bridgehead atoms. The zero-order valence-corrected chi connectivity index (χ0v) is 11.1. The van der Waals surface area contributed by atoms with Crippen molar-refractivity contribution in [3.63, 3.8) is 0 Å². The van der Waals surface area contributed by atoms with Gasteiger partial charge in [-0.1, -0.05) is 12.1 Å². The molecule has 18 heavy (non-hydrogen) atoms. The number of carbonyl (C=O) groups is 1. The summed E-state index contributed by atoms with van der Waals surface area (Å²) in [5.74, 6) is -0.0949. The maximum Gasteiger partial charge on any atom is 0.236 e. The number of likely N-dealkylation sites (N-methyl/N-ethyl adjacent to an activating group) is 1. The van der Waals surface area contributed by atoms with E-state index in [0.29, 0.717) is 6.54 Å². The van der Waals surface area contributed by atoms with Gasteiger partial charge in [-0.05, 0) is 44.5 Å². The van der Waals surface area contributed by atoms with Crippen molar-refractivity contribution in [3.05, 3.63) is 35.6 Å². The van der Waals surface area contributed by atoms with Crippen LogP contribution in [0.3, 0.4) is 0 Å². The molecule has 0 aliphatic carbocycles. The molecule has 1 aromatic rings. The molecule has 100 valence electrons. The molecule has 3 nitrogen and oxygen atoms in total. The third kappa shape index (κ3) is 4.84. The molecule has 0 fully saturated rings. The maximum absolute atomic E-state index is 12.7. The number of halogens is 1. The van der Waals surface area contributed by atoms with E-state index in [1.807, 2.05) is 13.8 Å². The van der Waals surface area contributed by atoms with Crippen molar-refractivity contribution < 1.29 is 9.18 Å². The van der Waals surface area contributed by atoms with Crippen LogP contribution in [-0.4, -0.2) is 37.0 Å². The van der Waals surface area contributed by atoms with Gasteiger partial charge >= 0.3 is 0 Å². The van der Waals surface area contributed by atoms with Crippen LogP contribution >= 0.6 is 0 Å². The molecule has 1 amide bonds. The van der Waals surface area contributed by atoms with Gasteiger partial charge in [0.2, 0.25) is 5.91 Å². The van der Waals surface area contributed by atoms with Gasteiger partial charge < -0.3 is 10.2 Å². The fourth-order valence-electron chi connectivity index (χ4n) is 1.77. The molecular formula is C14H21FN2O. The molecule has 0 heterocycles. The van der Waals surface area contributed by atoms with Gasteiger partial charge in [-0.3, -0.25) is 4.79 Å². The molecule has 0 saturated heterocycles. The monoisotopic (exact) mass is 252 g/mol. The number of rotatable bonds is 7. The summed E-state index contributed by atoms with van der Waals surface area (Å²) in [6.45, 7) is 6.52. The first-order chi connectivity index (χ1) is 8.67. The molecule has 0 radical (unpaired) electrons. The molecule has 0 aromatic heterocycles. The van der Waals surface area contributed by atoms with Gasteiger partial charge in [-0.15, -0.1) is 0 Å². The quantitative estimate of drug-likeness (QED) is 0.751. The molecule has 1 rings (SSSR count). The second-order valence-electron chi connectivity index (χ2n) is 4.12. The third-order valence-corrected chi connectivity index (χ3v) is 2.90. The van der Waals surface area contributed by atoms with Crippen molar-refractivity contribution in [2.75, 3.05) is 26.2 Å². The van der Waals surface area contributed by atoms with Crippen molar-refractivity contribution in [1.29, 1.82) is 0 Å². The lowest BCUT2D eigenvalue weighted by molar-refractivity contribution is -0.129. The highest BCUT2D eigenvalue weighted by Gasteiger charge is 2.07. The van der Waals surface area contributed by atoms with Crippen molar-refractivity contribution in [2.45, 2.75) is 20.3 Å². The predicted octanol–water partition coefficient (Wildman–Crippen LogP) is 1.83. The normalized spacial score (nSPS) is 10.4. The summed E-state index contributed by atoms with van der Waals surface area (Å²) in [5, 5.41) is 3.11. The molecule has 0 aliphatic heterocycles. The van der Waals surface area contributed by atoms with Crippen molar-refractivity contribution >= 4 is 5.91 Å². The number of nitrogens with zero attached hydrogens (tertiary/aromatic N) is 1. The third-order valence-electron chi connectivity index (χ3n) is 2.90. The highest BCUT2D eigenvalue weighted by atomic mass is 19.1. The first-order valence-electron chi connectivity index (χ1n) is 6.40. The zero-order valence-electron chi connectivity index (χ0n) is 11.1. The summed E-state index contributed by atoms with van der Waals surface area (Å²) < 4.78 is 12.7. The molecule has 0 aliphatic rings. The van der Waals surface area contributed by atoms with E-state index in [0.717, 1.165) is 31.6 Å². The van der Waals surface area contributed by atoms with Crippen LogP contribution in [0.25, 0.3) is 0 Å².